The van der Waals surface area contributed by atoms with Crippen molar-refractivity contribution < 1.29 is 23.9 Å². The summed E-state index contributed by atoms with van der Waals surface area (Å²) in [6, 6.07) is 5.73. The van der Waals surface area contributed by atoms with Crippen LogP contribution in [0.2, 0.25) is 0 Å². The van der Waals surface area contributed by atoms with Gasteiger partial charge in [-0.15, -0.1) is 11.8 Å². The van der Waals surface area contributed by atoms with Crippen molar-refractivity contribution in [2.45, 2.75) is 19.4 Å². The standard InChI is InChI=1S/C16H18FN3O4S/c17-12-3-1-11(2-4-12)9-20-14(21)6-5-13(19-20)16(24)18-7-8-25-10-15(22)23/h1-4H,5-10H2,(H,18,24)(H,22,23). The number of hydrazone groups is 1. The fourth-order valence-corrected chi connectivity index (χ4v) is 2.71. The summed E-state index contributed by atoms with van der Waals surface area (Å²) in [4.78, 5) is 34.4. The molecule has 0 fully saturated rings. The lowest BCUT2D eigenvalue weighted by atomic mass is 10.1. The number of benzene rings is 1. The Labute approximate surface area is 148 Å². The first-order chi connectivity index (χ1) is 12.0. The predicted octanol–water partition coefficient (Wildman–Crippen LogP) is 1.24. The van der Waals surface area contributed by atoms with E-state index in [1.54, 1.807) is 12.1 Å². The summed E-state index contributed by atoms with van der Waals surface area (Å²) < 4.78 is 12.9. The summed E-state index contributed by atoms with van der Waals surface area (Å²) in [5.74, 6) is -1.37. The molecule has 1 heterocycles. The first kappa shape index (κ1) is 18.9. The molecule has 2 amide bonds. The third-order valence-corrected chi connectivity index (χ3v) is 4.31. The molecule has 2 N–H and O–H groups in total. The second-order valence-electron chi connectivity index (χ2n) is 5.33. The van der Waals surface area contributed by atoms with Gasteiger partial charge in [0.25, 0.3) is 5.91 Å². The molecule has 0 unspecified atom stereocenters. The molecule has 1 aliphatic heterocycles. The zero-order valence-electron chi connectivity index (χ0n) is 13.4. The number of thioether (sulfide) groups is 1. The van der Waals surface area contributed by atoms with Crippen molar-refractivity contribution in [2.24, 2.45) is 5.10 Å². The van der Waals surface area contributed by atoms with Crippen molar-refractivity contribution >= 4 is 35.3 Å². The number of nitrogens with zero attached hydrogens (tertiary/aromatic N) is 2. The number of rotatable bonds is 8. The van der Waals surface area contributed by atoms with Gasteiger partial charge in [0, 0.05) is 25.1 Å². The SMILES string of the molecule is O=C(O)CSCCNC(=O)C1=NN(Cc2ccc(F)cc2)C(=O)CC1. The fourth-order valence-electron chi connectivity index (χ4n) is 2.15. The van der Waals surface area contributed by atoms with Crippen LogP contribution >= 0.6 is 11.8 Å². The van der Waals surface area contributed by atoms with E-state index in [1.165, 1.54) is 28.9 Å². The minimum Gasteiger partial charge on any atom is -0.481 e. The van der Waals surface area contributed by atoms with Crippen molar-refractivity contribution in [1.29, 1.82) is 0 Å². The number of aliphatic carboxylic acids is 1. The number of amides is 2. The van der Waals surface area contributed by atoms with E-state index >= 15 is 0 Å². The Balaban J connectivity index is 1.89. The number of halogens is 1. The number of hydrogen-bond acceptors (Lipinski definition) is 5. The van der Waals surface area contributed by atoms with E-state index in [2.05, 4.69) is 10.4 Å². The first-order valence-electron chi connectivity index (χ1n) is 7.65. The summed E-state index contributed by atoms with van der Waals surface area (Å²) >= 11 is 1.20. The Hall–Kier alpha value is -2.42. The van der Waals surface area contributed by atoms with Gasteiger partial charge in [0.1, 0.15) is 11.5 Å². The molecule has 0 saturated heterocycles. The van der Waals surface area contributed by atoms with Gasteiger partial charge in [-0.1, -0.05) is 12.1 Å². The molecular weight excluding hydrogens is 349 g/mol. The summed E-state index contributed by atoms with van der Waals surface area (Å²) in [6.45, 7) is 0.492. The van der Waals surface area contributed by atoms with Gasteiger partial charge in [-0.2, -0.15) is 5.10 Å². The third kappa shape index (κ3) is 6.18. The van der Waals surface area contributed by atoms with Crippen LogP contribution in [0.3, 0.4) is 0 Å². The number of carboxylic acids is 1. The molecule has 9 heteroatoms. The van der Waals surface area contributed by atoms with Gasteiger partial charge in [0.15, 0.2) is 0 Å². The van der Waals surface area contributed by atoms with Crippen molar-refractivity contribution in [2.75, 3.05) is 18.1 Å². The quantitative estimate of drug-likeness (QED) is 0.674. The maximum atomic E-state index is 12.9. The second-order valence-corrected chi connectivity index (χ2v) is 6.43. The molecule has 0 saturated carbocycles. The third-order valence-electron chi connectivity index (χ3n) is 3.37. The van der Waals surface area contributed by atoms with Gasteiger partial charge in [0.05, 0.1) is 12.3 Å². The highest BCUT2D eigenvalue weighted by atomic mass is 32.2. The van der Waals surface area contributed by atoms with Crippen LogP contribution in [0.5, 0.6) is 0 Å². The highest BCUT2D eigenvalue weighted by molar-refractivity contribution is 7.99. The number of carboxylic acid groups (broad SMARTS) is 1. The van der Waals surface area contributed by atoms with E-state index in [0.29, 0.717) is 17.9 Å². The Morgan fingerprint density at radius 2 is 2.00 bits per heavy atom. The smallest absolute Gasteiger partial charge is 0.313 e. The highest BCUT2D eigenvalue weighted by Gasteiger charge is 2.24. The lowest BCUT2D eigenvalue weighted by molar-refractivity contribution is -0.134. The molecule has 1 aromatic carbocycles. The van der Waals surface area contributed by atoms with Crippen LogP contribution in [-0.2, 0) is 20.9 Å². The van der Waals surface area contributed by atoms with Crippen LogP contribution in [0.25, 0.3) is 0 Å². The Bertz CT molecular complexity index is 678. The first-order valence-corrected chi connectivity index (χ1v) is 8.81. The summed E-state index contributed by atoms with van der Waals surface area (Å²) in [6.07, 6.45) is 0.439. The van der Waals surface area contributed by atoms with Gasteiger partial charge >= 0.3 is 5.97 Å². The van der Waals surface area contributed by atoms with Crippen LogP contribution in [0.15, 0.2) is 29.4 Å². The lowest BCUT2D eigenvalue weighted by Crippen LogP contribution is -2.39. The minimum atomic E-state index is -0.900. The van der Waals surface area contributed by atoms with Crippen molar-refractivity contribution in [3.05, 3.63) is 35.6 Å². The molecule has 0 spiro atoms. The molecule has 0 aliphatic carbocycles. The molecule has 25 heavy (non-hydrogen) atoms. The van der Waals surface area contributed by atoms with Crippen LogP contribution in [0.1, 0.15) is 18.4 Å². The van der Waals surface area contributed by atoms with Crippen molar-refractivity contribution in [3.8, 4) is 0 Å². The molecule has 2 rings (SSSR count). The van der Waals surface area contributed by atoms with Gasteiger partial charge in [-0.25, -0.2) is 9.40 Å². The lowest BCUT2D eigenvalue weighted by Gasteiger charge is -2.23. The Morgan fingerprint density at radius 1 is 1.28 bits per heavy atom. The molecule has 0 bridgehead atoms. The zero-order valence-corrected chi connectivity index (χ0v) is 14.2. The second kappa shape index (κ2) is 9.16. The average molecular weight is 367 g/mol. The zero-order chi connectivity index (χ0) is 18.2. The van der Waals surface area contributed by atoms with E-state index in [1.807, 2.05) is 0 Å². The van der Waals surface area contributed by atoms with Crippen LogP contribution in [-0.4, -0.2) is 51.7 Å². The molecule has 1 aliphatic rings. The molecule has 134 valence electrons. The number of carbonyl (C=O) groups excluding carboxylic acids is 2. The number of carbonyl (C=O) groups is 3. The number of hydrogen-bond donors (Lipinski definition) is 2. The minimum absolute atomic E-state index is 0.0171. The monoisotopic (exact) mass is 367 g/mol. The van der Waals surface area contributed by atoms with Gasteiger partial charge in [0.2, 0.25) is 5.91 Å². The average Bonchev–Trinajstić information content (AvgIpc) is 2.58. The van der Waals surface area contributed by atoms with E-state index in [4.69, 9.17) is 5.11 Å². The molecule has 7 nitrogen and oxygen atoms in total. The van der Waals surface area contributed by atoms with Crippen LogP contribution in [0, 0.1) is 5.82 Å². The normalized spacial score (nSPS) is 14.2. The summed E-state index contributed by atoms with van der Waals surface area (Å²) in [7, 11) is 0. The topological polar surface area (TPSA) is 99.1 Å². The summed E-state index contributed by atoms with van der Waals surface area (Å²) in [5.41, 5.74) is 0.968. The van der Waals surface area contributed by atoms with Crippen molar-refractivity contribution in [1.82, 2.24) is 10.3 Å². The van der Waals surface area contributed by atoms with E-state index < -0.39 is 5.97 Å². The summed E-state index contributed by atoms with van der Waals surface area (Å²) in [5, 5.41) is 16.5. The molecule has 0 aromatic heterocycles. The number of nitrogens with one attached hydrogen (secondary N) is 1. The maximum Gasteiger partial charge on any atom is 0.313 e. The Morgan fingerprint density at radius 3 is 2.68 bits per heavy atom. The van der Waals surface area contributed by atoms with Gasteiger partial charge in [-0.3, -0.25) is 14.4 Å². The molecule has 0 radical (unpaired) electrons. The van der Waals surface area contributed by atoms with Crippen LogP contribution < -0.4 is 5.32 Å². The van der Waals surface area contributed by atoms with Crippen LogP contribution in [0.4, 0.5) is 4.39 Å². The van der Waals surface area contributed by atoms with E-state index in [0.717, 1.165) is 0 Å². The van der Waals surface area contributed by atoms with Crippen molar-refractivity contribution in [3.63, 3.8) is 0 Å². The fraction of sp³-hybridized carbons (Fsp3) is 0.375. The maximum absolute atomic E-state index is 12.9. The largest absolute Gasteiger partial charge is 0.481 e. The Kier molecular flexibility index (Phi) is 6.93. The predicted molar refractivity (Wildman–Crippen MR) is 91.6 cm³/mol. The van der Waals surface area contributed by atoms with E-state index in [9.17, 15) is 18.8 Å². The van der Waals surface area contributed by atoms with Gasteiger partial charge in [-0.05, 0) is 17.7 Å². The molecular formula is C16H18FN3O4S. The van der Waals surface area contributed by atoms with Gasteiger partial charge < -0.3 is 10.4 Å². The highest BCUT2D eigenvalue weighted by Crippen LogP contribution is 2.14. The molecule has 0 atom stereocenters. The molecule has 1 aromatic rings. The van der Waals surface area contributed by atoms with E-state index in [-0.39, 0.29) is 48.5 Å².